The van der Waals surface area contributed by atoms with Crippen LogP contribution in [0.15, 0.2) is 0 Å². The number of carbonyl (C=O) groups is 1. The van der Waals surface area contributed by atoms with Gasteiger partial charge >= 0.3 is 5.97 Å². The van der Waals surface area contributed by atoms with Gasteiger partial charge in [0.05, 0.1) is 13.7 Å². The highest BCUT2D eigenvalue weighted by Gasteiger charge is 2.41. The fourth-order valence-electron chi connectivity index (χ4n) is 0.902. The maximum atomic E-state index is 12.7. The van der Waals surface area contributed by atoms with Gasteiger partial charge in [-0.1, -0.05) is 0 Å². The first-order valence-electron chi connectivity index (χ1n) is 3.18. The lowest BCUT2D eigenvalue weighted by Crippen LogP contribution is -2.33. The van der Waals surface area contributed by atoms with Crippen molar-refractivity contribution in [2.45, 2.75) is 18.4 Å². The molecule has 1 aliphatic heterocycles. The van der Waals surface area contributed by atoms with Crippen molar-refractivity contribution < 1.29 is 23.8 Å². The SMILES string of the molecule is COC(=O)[C@@H]1OC[C@@H](O)[C@@H]1F. The minimum absolute atomic E-state index is 0.152. The molecular formula is C6H9FO4. The van der Waals surface area contributed by atoms with E-state index in [0.717, 1.165) is 7.11 Å². The second-order valence-corrected chi connectivity index (χ2v) is 2.29. The van der Waals surface area contributed by atoms with Gasteiger partial charge in [-0.2, -0.15) is 0 Å². The molecule has 1 saturated heterocycles. The van der Waals surface area contributed by atoms with Gasteiger partial charge in [0.15, 0.2) is 12.3 Å². The molecule has 0 aromatic rings. The van der Waals surface area contributed by atoms with E-state index < -0.39 is 24.3 Å². The number of esters is 1. The Morgan fingerprint density at radius 1 is 1.82 bits per heavy atom. The topological polar surface area (TPSA) is 55.8 Å². The zero-order valence-corrected chi connectivity index (χ0v) is 5.99. The monoisotopic (exact) mass is 164 g/mol. The van der Waals surface area contributed by atoms with E-state index in [1.165, 1.54) is 0 Å². The van der Waals surface area contributed by atoms with E-state index in [4.69, 9.17) is 5.11 Å². The van der Waals surface area contributed by atoms with Gasteiger partial charge in [-0.15, -0.1) is 0 Å². The summed E-state index contributed by atoms with van der Waals surface area (Å²) in [6, 6.07) is 0. The molecule has 64 valence electrons. The Morgan fingerprint density at radius 3 is 2.82 bits per heavy atom. The third kappa shape index (κ3) is 1.49. The van der Waals surface area contributed by atoms with E-state index >= 15 is 0 Å². The Bertz CT molecular complexity index is 161. The lowest BCUT2D eigenvalue weighted by atomic mass is 10.2. The van der Waals surface area contributed by atoms with E-state index in [1.54, 1.807) is 0 Å². The van der Waals surface area contributed by atoms with Crippen LogP contribution in [0.5, 0.6) is 0 Å². The first-order valence-corrected chi connectivity index (χ1v) is 3.18. The summed E-state index contributed by atoms with van der Waals surface area (Å²) in [6.07, 6.45) is -4.13. The number of alkyl halides is 1. The fourth-order valence-corrected chi connectivity index (χ4v) is 0.902. The van der Waals surface area contributed by atoms with Crippen LogP contribution in [0.25, 0.3) is 0 Å². The molecular weight excluding hydrogens is 155 g/mol. The molecule has 0 aromatic heterocycles. The zero-order chi connectivity index (χ0) is 8.43. The average Bonchev–Trinajstić information content (AvgIpc) is 2.32. The number of halogens is 1. The molecule has 1 rings (SSSR count). The van der Waals surface area contributed by atoms with Crippen LogP contribution in [0.1, 0.15) is 0 Å². The summed E-state index contributed by atoms with van der Waals surface area (Å²) in [5.41, 5.74) is 0. The van der Waals surface area contributed by atoms with Crippen LogP contribution in [-0.2, 0) is 14.3 Å². The molecule has 0 unspecified atom stereocenters. The average molecular weight is 164 g/mol. The molecule has 0 radical (unpaired) electrons. The highest BCUT2D eigenvalue weighted by molar-refractivity contribution is 5.75. The lowest BCUT2D eigenvalue weighted by molar-refractivity contribution is -0.153. The predicted octanol–water partition coefficient (Wildman–Crippen LogP) is -0.743. The maximum absolute atomic E-state index is 12.7. The van der Waals surface area contributed by atoms with Gasteiger partial charge in [0, 0.05) is 0 Å². The highest BCUT2D eigenvalue weighted by atomic mass is 19.1. The number of hydrogen-bond donors (Lipinski definition) is 1. The first kappa shape index (κ1) is 8.42. The molecule has 3 atom stereocenters. The van der Waals surface area contributed by atoms with E-state index in [0.29, 0.717) is 0 Å². The standard InChI is InChI=1S/C6H9FO4/c1-10-6(9)5-4(7)3(8)2-11-5/h3-5,8H,2H2,1H3/t3-,4+,5-/m1/s1. The van der Waals surface area contributed by atoms with Gasteiger partial charge in [0.25, 0.3) is 0 Å². The minimum Gasteiger partial charge on any atom is -0.467 e. The number of aliphatic hydroxyl groups is 1. The molecule has 0 bridgehead atoms. The van der Waals surface area contributed by atoms with Crippen molar-refractivity contribution in [3.05, 3.63) is 0 Å². The Hall–Kier alpha value is -0.680. The number of aliphatic hydroxyl groups excluding tert-OH is 1. The molecule has 0 aromatic carbocycles. The van der Waals surface area contributed by atoms with Crippen molar-refractivity contribution in [2.75, 3.05) is 13.7 Å². The van der Waals surface area contributed by atoms with Crippen LogP contribution in [0.2, 0.25) is 0 Å². The quantitative estimate of drug-likeness (QED) is 0.518. The van der Waals surface area contributed by atoms with Gasteiger partial charge in [-0.25, -0.2) is 9.18 Å². The van der Waals surface area contributed by atoms with Gasteiger partial charge in [-0.3, -0.25) is 0 Å². The normalized spacial score (nSPS) is 37.2. The van der Waals surface area contributed by atoms with Crippen molar-refractivity contribution in [2.24, 2.45) is 0 Å². The summed E-state index contributed by atoms with van der Waals surface area (Å²) < 4.78 is 21.6. The second kappa shape index (κ2) is 3.15. The maximum Gasteiger partial charge on any atom is 0.338 e. The number of methoxy groups -OCH3 is 1. The summed E-state index contributed by atoms with van der Waals surface area (Å²) in [7, 11) is 1.14. The predicted molar refractivity (Wildman–Crippen MR) is 32.7 cm³/mol. The molecule has 1 fully saturated rings. The van der Waals surface area contributed by atoms with Crippen LogP contribution < -0.4 is 0 Å². The lowest BCUT2D eigenvalue weighted by Gasteiger charge is -2.09. The Kier molecular flexibility index (Phi) is 2.41. The van der Waals surface area contributed by atoms with Crippen LogP contribution in [0.4, 0.5) is 4.39 Å². The number of carbonyl (C=O) groups excluding carboxylic acids is 1. The van der Waals surface area contributed by atoms with Crippen LogP contribution in [0, 0.1) is 0 Å². The third-order valence-corrected chi connectivity index (χ3v) is 1.54. The smallest absolute Gasteiger partial charge is 0.338 e. The molecule has 5 heteroatoms. The molecule has 11 heavy (non-hydrogen) atoms. The summed E-state index contributed by atoms with van der Waals surface area (Å²) in [4.78, 5) is 10.7. The second-order valence-electron chi connectivity index (χ2n) is 2.29. The summed E-state index contributed by atoms with van der Waals surface area (Å²) in [5.74, 6) is -0.783. The van der Waals surface area contributed by atoms with Gasteiger partial charge in [0.1, 0.15) is 6.10 Å². The third-order valence-electron chi connectivity index (χ3n) is 1.54. The molecule has 0 saturated carbocycles. The number of hydrogen-bond acceptors (Lipinski definition) is 4. The Balaban J connectivity index is 2.54. The minimum atomic E-state index is -1.66. The molecule has 4 nitrogen and oxygen atoms in total. The van der Waals surface area contributed by atoms with Crippen molar-refractivity contribution >= 4 is 5.97 Å². The van der Waals surface area contributed by atoms with E-state index in [1.807, 2.05) is 0 Å². The highest BCUT2D eigenvalue weighted by Crippen LogP contribution is 2.18. The Morgan fingerprint density at radius 2 is 2.45 bits per heavy atom. The molecule has 0 spiro atoms. The van der Waals surface area contributed by atoms with Crippen LogP contribution in [-0.4, -0.2) is 43.2 Å². The molecule has 1 heterocycles. The van der Waals surface area contributed by atoms with E-state index in [-0.39, 0.29) is 6.61 Å². The van der Waals surface area contributed by atoms with Crippen molar-refractivity contribution in [3.63, 3.8) is 0 Å². The van der Waals surface area contributed by atoms with Crippen LogP contribution in [0.3, 0.4) is 0 Å². The molecule has 1 N–H and O–H groups in total. The summed E-state index contributed by atoms with van der Waals surface area (Å²) >= 11 is 0. The van der Waals surface area contributed by atoms with Crippen molar-refractivity contribution in [1.29, 1.82) is 0 Å². The van der Waals surface area contributed by atoms with Crippen LogP contribution >= 0.6 is 0 Å². The fraction of sp³-hybridized carbons (Fsp3) is 0.833. The summed E-state index contributed by atoms with van der Waals surface area (Å²) in [5, 5.41) is 8.80. The molecule has 0 aliphatic carbocycles. The first-order chi connectivity index (χ1) is 5.16. The number of ether oxygens (including phenoxy) is 2. The molecule has 0 amide bonds. The van der Waals surface area contributed by atoms with Gasteiger partial charge in [-0.05, 0) is 0 Å². The number of rotatable bonds is 1. The van der Waals surface area contributed by atoms with E-state index in [9.17, 15) is 9.18 Å². The largest absolute Gasteiger partial charge is 0.467 e. The summed E-state index contributed by atoms with van der Waals surface area (Å²) in [6.45, 7) is -0.152. The Labute approximate surface area is 62.9 Å². The zero-order valence-electron chi connectivity index (χ0n) is 5.99. The van der Waals surface area contributed by atoms with Crippen molar-refractivity contribution in [3.8, 4) is 0 Å². The molecule has 1 aliphatic rings. The van der Waals surface area contributed by atoms with Gasteiger partial charge in [0.2, 0.25) is 0 Å². The van der Waals surface area contributed by atoms with E-state index in [2.05, 4.69) is 9.47 Å². The van der Waals surface area contributed by atoms with Gasteiger partial charge < -0.3 is 14.6 Å². The van der Waals surface area contributed by atoms with Crippen molar-refractivity contribution in [1.82, 2.24) is 0 Å².